The highest BCUT2D eigenvalue weighted by Crippen LogP contribution is 2.23. The Balaban J connectivity index is 1.83. The lowest BCUT2D eigenvalue weighted by Gasteiger charge is -2.18. The van der Waals surface area contributed by atoms with E-state index in [2.05, 4.69) is 5.10 Å². The molecule has 128 valence electrons. The Morgan fingerprint density at radius 3 is 2.35 bits per heavy atom. The number of aromatic nitrogens is 2. The van der Waals surface area contributed by atoms with Crippen LogP contribution in [-0.4, -0.2) is 22.7 Å². The molecule has 0 aliphatic carbocycles. The molecule has 0 radical (unpaired) electrons. The number of benzene rings is 3. The summed E-state index contributed by atoms with van der Waals surface area (Å²) in [4.78, 5) is 26.9. The molecule has 0 atom stereocenters. The van der Waals surface area contributed by atoms with Crippen molar-refractivity contribution < 1.29 is 4.79 Å². The van der Waals surface area contributed by atoms with Gasteiger partial charge in [-0.1, -0.05) is 48.5 Å². The van der Waals surface area contributed by atoms with Gasteiger partial charge in [-0.15, -0.1) is 0 Å². The predicted molar refractivity (Wildman–Crippen MR) is 104 cm³/mol. The van der Waals surface area contributed by atoms with Crippen molar-refractivity contribution >= 4 is 33.1 Å². The van der Waals surface area contributed by atoms with E-state index in [-0.39, 0.29) is 17.2 Å². The molecule has 0 unspecified atom stereocenters. The molecule has 0 aliphatic rings. The molecule has 0 saturated carbocycles. The number of fused-ring (bicyclic) bond motifs is 2. The summed E-state index contributed by atoms with van der Waals surface area (Å²) in [6.07, 6.45) is 0. The molecule has 1 heterocycles. The Morgan fingerprint density at radius 2 is 1.58 bits per heavy atom. The zero-order valence-corrected chi connectivity index (χ0v) is 14.5. The second-order valence-corrected chi connectivity index (χ2v) is 6.22. The molecule has 0 spiro atoms. The van der Waals surface area contributed by atoms with Crippen LogP contribution in [0.25, 0.3) is 21.5 Å². The lowest BCUT2D eigenvalue weighted by Crippen LogP contribution is -2.31. The van der Waals surface area contributed by atoms with Crippen LogP contribution in [0.1, 0.15) is 10.5 Å². The second kappa shape index (κ2) is 6.11. The van der Waals surface area contributed by atoms with Gasteiger partial charge < -0.3 is 4.90 Å². The molecular weight excluding hydrogens is 326 g/mol. The minimum atomic E-state index is -0.257. The molecule has 0 saturated heterocycles. The number of amides is 1. The molecule has 1 aromatic heterocycles. The van der Waals surface area contributed by atoms with E-state index in [4.69, 9.17) is 0 Å². The maximum atomic E-state index is 13.1. The largest absolute Gasteiger partial charge is 0.310 e. The maximum absolute atomic E-state index is 13.1. The molecule has 4 rings (SSSR count). The minimum absolute atomic E-state index is 0.217. The Bertz CT molecular complexity index is 1210. The summed E-state index contributed by atoms with van der Waals surface area (Å²) in [5.41, 5.74) is 0.817. The smallest absolute Gasteiger partial charge is 0.279 e. The monoisotopic (exact) mass is 343 g/mol. The van der Waals surface area contributed by atoms with E-state index in [0.29, 0.717) is 10.8 Å². The summed E-state index contributed by atoms with van der Waals surface area (Å²) in [6.45, 7) is 0. The van der Waals surface area contributed by atoms with E-state index in [0.717, 1.165) is 16.5 Å². The van der Waals surface area contributed by atoms with Crippen molar-refractivity contribution in [1.29, 1.82) is 0 Å². The van der Waals surface area contributed by atoms with Crippen LogP contribution < -0.4 is 10.5 Å². The van der Waals surface area contributed by atoms with E-state index >= 15 is 0 Å². The number of anilines is 1. The van der Waals surface area contributed by atoms with Gasteiger partial charge in [-0.2, -0.15) is 5.10 Å². The molecule has 4 aromatic rings. The maximum Gasteiger partial charge on any atom is 0.279 e. The first-order valence-corrected chi connectivity index (χ1v) is 8.29. The number of nitrogens with zero attached hydrogens (tertiary/aromatic N) is 3. The summed E-state index contributed by atoms with van der Waals surface area (Å²) in [6, 6.07) is 20.9. The van der Waals surface area contributed by atoms with Crippen LogP contribution in [0.4, 0.5) is 5.69 Å². The van der Waals surface area contributed by atoms with E-state index in [9.17, 15) is 9.59 Å². The lowest BCUT2D eigenvalue weighted by molar-refractivity contribution is 0.0988. The summed E-state index contributed by atoms with van der Waals surface area (Å²) in [5.74, 6) is -0.257. The van der Waals surface area contributed by atoms with Crippen molar-refractivity contribution in [3.8, 4) is 0 Å². The average Bonchev–Trinajstić information content (AvgIpc) is 2.69. The van der Waals surface area contributed by atoms with Gasteiger partial charge in [0, 0.05) is 25.2 Å². The Labute approximate surface area is 150 Å². The average molecular weight is 343 g/mol. The molecular formula is C21H17N3O2. The number of hydrogen-bond donors (Lipinski definition) is 0. The van der Waals surface area contributed by atoms with Gasteiger partial charge in [-0.3, -0.25) is 9.59 Å². The summed E-state index contributed by atoms with van der Waals surface area (Å²) < 4.78 is 1.21. The molecule has 1 amide bonds. The quantitative estimate of drug-likeness (QED) is 0.561. The van der Waals surface area contributed by atoms with E-state index in [1.165, 1.54) is 4.68 Å². The fraction of sp³-hybridized carbons (Fsp3) is 0.0952. The molecule has 0 N–H and O–H groups in total. The van der Waals surface area contributed by atoms with Crippen molar-refractivity contribution in [2.24, 2.45) is 7.05 Å². The highest BCUT2D eigenvalue weighted by Gasteiger charge is 2.20. The van der Waals surface area contributed by atoms with Crippen LogP contribution in [-0.2, 0) is 7.05 Å². The zero-order chi connectivity index (χ0) is 18.3. The number of rotatable bonds is 2. The molecule has 5 nitrogen and oxygen atoms in total. The summed E-state index contributed by atoms with van der Waals surface area (Å²) in [5, 5.41) is 7.44. The summed E-state index contributed by atoms with van der Waals surface area (Å²) in [7, 11) is 3.27. The molecule has 26 heavy (non-hydrogen) atoms. The third kappa shape index (κ3) is 2.54. The van der Waals surface area contributed by atoms with Crippen LogP contribution in [0.2, 0.25) is 0 Å². The first-order valence-electron chi connectivity index (χ1n) is 8.29. The van der Waals surface area contributed by atoms with Crippen LogP contribution in [0.15, 0.2) is 71.5 Å². The van der Waals surface area contributed by atoms with Crippen LogP contribution in [0.3, 0.4) is 0 Å². The third-order valence-electron chi connectivity index (χ3n) is 4.58. The van der Waals surface area contributed by atoms with Gasteiger partial charge in [-0.25, -0.2) is 4.68 Å². The van der Waals surface area contributed by atoms with E-state index in [1.54, 1.807) is 43.3 Å². The lowest BCUT2D eigenvalue weighted by atomic mass is 10.1. The summed E-state index contributed by atoms with van der Waals surface area (Å²) >= 11 is 0. The number of carbonyl (C=O) groups excluding carboxylic acids is 1. The van der Waals surface area contributed by atoms with Gasteiger partial charge in [-0.05, 0) is 29.0 Å². The van der Waals surface area contributed by atoms with E-state index < -0.39 is 0 Å². The minimum Gasteiger partial charge on any atom is -0.310 e. The molecule has 3 aromatic carbocycles. The van der Waals surface area contributed by atoms with Crippen LogP contribution in [0, 0.1) is 0 Å². The molecule has 0 fully saturated rings. The predicted octanol–water partition coefficient (Wildman–Crippen LogP) is 3.36. The second-order valence-electron chi connectivity index (χ2n) is 6.22. The Hall–Kier alpha value is -3.47. The van der Waals surface area contributed by atoms with Gasteiger partial charge in [0.1, 0.15) is 0 Å². The standard InChI is InChI=1S/C21H17N3O2/c1-23(16-12-11-14-7-3-4-8-15(14)13-16)21(26)19-17-9-5-6-10-18(17)20(25)24(2)22-19/h3-13H,1-2H3. The highest BCUT2D eigenvalue weighted by atomic mass is 16.2. The Morgan fingerprint density at radius 1 is 0.923 bits per heavy atom. The van der Waals surface area contributed by atoms with Crippen molar-refractivity contribution in [2.75, 3.05) is 11.9 Å². The van der Waals surface area contributed by atoms with Crippen molar-refractivity contribution in [3.05, 3.63) is 82.8 Å². The van der Waals surface area contributed by atoms with Gasteiger partial charge in [0.2, 0.25) is 0 Å². The normalized spacial score (nSPS) is 11.0. The third-order valence-corrected chi connectivity index (χ3v) is 4.58. The number of carbonyl (C=O) groups is 1. The van der Waals surface area contributed by atoms with Gasteiger partial charge in [0.05, 0.1) is 5.39 Å². The number of aryl methyl sites for hydroxylation is 1. The highest BCUT2D eigenvalue weighted by molar-refractivity contribution is 6.12. The van der Waals surface area contributed by atoms with Gasteiger partial charge >= 0.3 is 0 Å². The zero-order valence-electron chi connectivity index (χ0n) is 14.5. The molecule has 0 aliphatic heterocycles. The van der Waals surface area contributed by atoms with Gasteiger partial charge in [0.15, 0.2) is 5.69 Å². The Kier molecular flexibility index (Phi) is 3.77. The van der Waals surface area contributed by atoms with Crippen molar-refractivity contribution in [1.82, 2.24) is 9.78 Å². The van der Waals surface area contributed by atoms with Crippen molar-refractivity contribution in [2.45, 2.75) is 0 Å². The first kappa shape index (κ1) is 16.0. The number of hydrogen-bond acceptors (Lipinski definition) is 3. The van der Waals surface area contributed by atoms with Crippen molar-refractivity contribution in [3.63, 3.8) is 0 Å². The molecule has 5 heteroatoms. The fourth-order valence-electron chi connectivity index (χ4n) is 3.12. The first-order chi connectivity index (χ1) is 12.6. The topological polar surface area (TPSA) is 55.2 Å². The fourth-order valence-corrected chi connectivity index (χ4v) is 3.12. The van der Waals surface area contributed by atoms with Gasteiger partial charge in [0.25, 0.3) is 11.5 Å². The van der Waals surface area contributed by atoms with Crippen LogP contribution >= 0.6 is 0 Å². The van der Waals surface area contributed by atoms with Crippen LogP contribution in [0.5, 0.6) is 0 Å². The van der Waals surface area contributed by atoms with E-state index in [1.807, 2.05) is 42.5 Å². The SMILES string of the molecule is CN(C(=O)c1nn(C)c(=O)c2ccccc12)c1ccc2ccccc2c1. The molecule has 0 bridgehead atoms.